The minimum absolute atomic E-state index is 0.261. The summed E-state index contributed by atoms with van der Waals surface area (Å²) in [4.78, 5) is 13.6. The second kappa shape index (κ2) is 6.62. The number of hydrogen-bond donors (Lipinski definition) is 1. The van der Waals surface area contributed by atoms with Crippen LogP contribution < -0.4 is 0 Å². The van der Waals surface area contributed by atoms with E-state index in [0.29, 0.717) is 5.69 Å². The summed E-state index contributed by atoms with van der Waals surface area (Å²) in [5.74, 6) is -0.721. The molecule has 0 heterocycles. The predicted octanol–water partition coefficient (Wildman–Crippen LogP) is 3.42. The van der Waals surface area contributed by atoms with E-state index < -0.39 is 5.97 Å². The summed E-state index contributed by atoms with van der Waals surface area (Å²) in [6, 6.07) is 7.56. The Kier molecular flexibility index (Phi) is 5.07. The number of nitrogens with zero attached hydrogens (tertiary/aromatic N) is 1. The maximum absolute atomic E-state index is 10.3. The number of aryl methyl sites for hydroxylation is 1. The van der Waals surface area contributed by atoms with Gasteiger partial charge in [-0.2, -0.15) is 0 Å². The highest BCUT2D eigenvalue weighted by molar-refractivity contribution is 5.66. The number of carboxylic acids is 1. The van der Waals surface area contributed by atoms with Crippen molar-refractivity contribution in [3.8, 4) is 0 Å². The van der Waals surface area contributed by atoms with Crippen LogP contribution in [0.1, 0.15) is 31.2 Å². The lowest BCUT2D eigenvalue weighted by Crippen LogP contribution is -1.94. The molecule has 0 aliphatic heterocycles. The van der Waals surface area contributed by atoms with Crippen molar-refractivity contribution in [3.05, 3.63) is 41.2 Å². The van der Waals surface area contributed by atoms with E-state index in [0.717, 1.165) is 25.7 Å². The van der Waals surface area contributed by atoms with Gasteiger partial charge in [0.2, 0.25) is 0 Å². The molecule has 0 radical (unpaired) electrons. The van der Waals surface area contributed by atoms with Gasteiger partial charge in [-0.25, -0.2) is 4.85 Å². The van der Waals surface area contributed by atoms with Crippen molar-refractivity contribution in [1.82, 2.24) is 0 Å². The van der Waals surface area contributed by atoms with Crippen LogP contribution in [0, 0.1) is 6.57 Å². The lowest BCUT2D eigenvalue weighted by molar-refractivity contribution is -0.137. The Morgan fingerprint density at radius 1 is 1.19 bits per heavy atom. The Bertz CT molecular complexity index is 376. The first-order valence-electron chi connectivity index (χ1n) is 5.40. The molecular formula is C13H15NO2. The smallest absolute Gasteiger partial charge is 0.303 e. The van der Waals surface area contributed by atoms with Gasteiger partial charge in [0.15, 0.2) is 5.69 Å². The van der Waals surface area contributed by atoms with Crippen LogP contribution in [-0.4, -0.2) is 11.1 Å². The van der Waals surface area contributed by atoms with Gasteiger partial charge in [-0.3, -0.25) is 4.79 Å². The van der Waals surface area contributed by atoms with E-state index in [1.807, 2.05) is 24.3 Å². The molecule has 1 aromatic rings. The number of rotatable bonds is 6. The zero-order chi connectivity index (χ0) is 11.8. The molecule has 0 spiro atoms. The van der Waals surface area contributed by atoms with E-state index in [9.17, 15) is 4.79 Å². The summed E-state index contributed by atoms with van der Waals surface area (Å²) in [5, 5.41) is 8.46. The molecule has 0 bridgehead atoms. The van der Waals surface area contributed by atoms with Crippen LogP contribution in [0.2, 0.25) is 0 Å². The van der Waals surface area contributed by atoms with Crippen molar-refractivity contribution in [2.24, 2.45) is 0 Å². The maximum atomic E-state index is 10.3. The highest BCUT2D eigenvalue weighted by Crippen LogP contribution is 2.14. The van der Waals surface area contributed by atoms with Gasteiger partial charge in [0.1, 0.15) is 0 Å². The van der Waals surface area contributed by atoms with Gasteiger partial charge in [-0.15, -0.1) is 0 Å². The largest absolute Gasteiger partial charge is 0.481 e. The lowest BCUT2D eigenvalue weighted by Gasteiger charge is -2.01. The fraction of sp³-hybridized carbons (Fsp3) is 0.385. The van der Waals surface area contributed by atoms with E-state index in [1.54, 1.807) is 0 Å². The third kappa shape index (κ3) is 4.61. The summed E-state index contributed by atoms with van der Waals surface area (Å²) in [6.07, 6.45) is 3.91. The number of benzene rings is 1. The van der Waals surface area contributed by atoms with E-state index in [1.165, 1.54) is 5.56 Å². The fourth-order valence-corrected chi connectivity index (χ4v) is 1.52. The Morgan fingerprint density at radius 3 is 2.44 bits per heavy atom. The number of carbonyl (C=O) groups is 1. The molecule has 84 valence electrons. The first-order chi connectivity index (χ1) is 7.72. The minimum Gasteiger partial charge on any atom is -0.481 e. The third-order valence-electron chi connectivity index (χ3n) is 2.42. The molecule has 0 aliphatic carbocycles. The zero-order valence-electron chi connectivity index (χ0n) is 9.15. The van der Waals surface area contributed by atoms with Gasteiger partial charge in [-0.05, 0) is 19.3 Å². The minimum atomic E-state index is -0.721. The van der Waals surface area contributed by atoms with Gasteiger partial charge in [0, 0.05) is 6.42 Å². The van der Waals surface area contributed by atoms with Crippen molar-refractivity contribution >= 4 is 11.7 Å². The fourth-order valence-electron chi connectivity index (χ4n) is 1.52. The quantitative estimate of drug-likeness (QED) is 0.586. The van der Waals surface area contributed by atoms with Crippen molar-refractivity contribution in [1.29, 1.82) is 0 Å². The van der Waals surface area contributed by atoms with Crippen LogP contribution in [0.15, 0.2) is 24.3 Å². The zero-order valence-corrected chi connectivity index (χ0v) is 9.15. The summed E-state index contributed by atoms with van der Waals surface area (Å²) < 4.78 is 0. The average molecular weight is 217 g/mol. The van der Waals surface area contributed by atoms with E-state index in [-0.39, 0.29) is 6.42 Å². The Balaban J connectivity index is 2.22. The molecule has 1 rings (SSSR count). The normalized spacial score (nSPS) is 9.69. The Morgan fingerprint density at radius 2 is 1.88 bits per heavy atom. The van der Waals surface area contributed by atoms with Gasteiger partial charge in [0.25, 0.3) is 0 Å². The van der Waals surface area contributed by atoms with Crippen molar-refractivity contribution < 1.29 is 9.90 Å². The van der Waals surface area contributed by atoms with E-state index >= 15 is 0 Å². The molecule has 1 aromatic carbocycles. The number of hydrogen-bond acceptors (Lipinski definition) is 1. The van der Waals surface area contributed by atoms with Crippen molar-refractivity contribution in [3.63, 3.8) is 0 Å². The molecule has 0 saturated carbocycles. The molecule has 16 heavy (non-hydrogen) atoms. The second-order valence-electron chi connectivity index (χ2n) is 3.73. The topological polar surface area (TPSA) is 41.7 Å². The summed E-state index contributed by atoms with van der Waals surface area (Å²) >= 11 is 0. The SMILES string of the molecule is [C-]#[N+]c1ccc(CCCCCC(=O)O)cc1. The molecule has 0 aromatic heterocycles. The van der Waals surface area contributed by atoms with E-state index in [4.69, 9.17) is 11.7 Å². The molecule has 3 heteroatoms. The third-order valence-corrected chi connectivity index (χ3v) is 2.42. The Labute approximate surface area is 95.5 Å². The summed E-state index contributed by atoms with van der Waals surface area (Å²) in [6.45, 7) is 6.82. The van der Waals surface area contributed by atoms with Gasteiger partial charge >= 0.3 is 5.97 Å². The van der Waals surface area contributed by atoms with Gasteiger partial charge in [0.05, 0.1) is 6.57 Å². The first kappa shape index (κ1) is 12.3. The number of carboxylic acid groups (broad SMARTS) is 1. The molecule has 0 amide bonds. The van der Waals surface area contributed by atoms with Crippen molar-refractivity contribution in [2.75, 3.05) is 0 Å². The summed E-state index contributed by atoms with van der Waals surface area (Å²) in [7, 11) is 0. The molecule has 0 fully saturated rings. The molecule has 0 aliphatic rings. The lowest BCUT2D eigenvalue weighted by atomic mass is 10.1. The van der Waals surface area contributed by atoms with Gasteiger partial charge in [-0.1, -0.05) is 36.2 Å². The van der Waals surface area contributed by atoms with Gasteiger partial charge < -0.3 is 5.11 Å². The molecule has 0 atom stereocenters. The maximum Gasteiger partial charge on any atom is 0.303 e. The van der Waals surface area contributed by atoms with E-state index in [2.05, 4.69) is 4.85 Å². The second-order valence-corrected chi connectivity index (χ2v) is 3.73. The van der Waals surface area contributed by atoms with Crippen molar-refractivity contribution in [2.45, 2.75) is 32.1 Å². The van der Waals surface area contributed by atoms with Crippen LogP contribution >= 0.6 is 0 Å². The van der Waals surface area contributed by atoms with Crippen LogP contribution in [0.4, 0.5) is 5.69 Å². The van der Waals surface area contributed by atoms with Crippen LogP contribution in [0.3, 0.4) is 0 Å². The van der Waals surface area contributed by atoms with Crippen LogP contribution in [0.25, 0.3) is 4.85 Å². The molecule has 1 N–H and O–H groups in total. The van der Waals surface area contributed by atoms with Crippen LogP contribution in [-0.2, 0) is 11.2 Å². The highest BCUT2D eigenvalue weighted by Gasteiger charge is 1.97. The monoisotopic (exact) mass is 217 g/mol. The molecule has 0 saturated heterocycles. The number of aliphatic carboxylic acids is 1. The Hall–Kier alpha value is -1.82. The number of unbranched alkanes of at least 4 members (excludes halogenated alkanes) is 2. The predicted molar refractivity (Wildman–Crippen MR) is 62.5 cm³/mol. The average Bonchev–Trinajstić information content (AvgIpc) is 2.29. The summed E-state index contributed by atoms with van der Waals surface area (Å²) in [5.41, 5.74) is 1.87. The standard InChI is InChI=1S/C13H15NO2/c1-14-12-9-7-11(8-10-12)5-3-2-4-6-13(15)16/h7-10H,2-6H2,(H,15,16). The van der Waals surface area contributed by atoms with Crippen LogP contribution in [0.5, 0.6) is 0 Å². The highest BCUT2D eigenvalue weighted by atomic mass is 16.4. The molecular weight excluding hydrogens is 202 g/mol. The molecule has 0 unspecified atom stereocenters. The molecule has 3 nitrogen and oxygen atoms in total. The first-order valence-corrected chi connectivity index (χ1v) is 5.40.